The summed E-state index contributed by atoms with van der Waals surface area (Å²) in [7, 11) is 0. The van der Waals surface area contributed by atoms with E-state index < -0.39 is 11.7 Å². The molecule has 0 saturated carbocycles. The van der Waals surface area contributed by atoms with E-state index >= 15 is 0 Å². The molecule has 2 aromatic carbocycles. The Morgan fingerprint density at radius 3 is 2.39 bits per heavy atom. The van der Waals surface area contributed by atoms with Gasteiger partial charge in [0, 0.05) is 23.1 Å². The van der Waals surface area contributed by atoms with E-state index in [0.717, 1.165) is 18.4 Å². The number of aliphatic hydroxyl groups is 1. The number of allylic oxidation sites excluding steroid dienone is 4. The number of carbonyl (C=O) groups is 1. The zero-order valence-electron chi connectivity index (χ0n) is 20.1. The number of phenolic OH excluding ortho intramolecular Hbond substituents is 2. The first-order valence-corrected chi connectivity index (χ1v) is 11.4. The third-order valence-corrected chi connectivity index (χ3v) is 6.17. The third kappa shape index (κ3) is 5.31. The van der Waals surface area contributed by atoms with Crippen LogP contribution in [0.15, 0.2) is 53.6 Å². The minimum atomic E-state index is -0.972. The number of phenols is 2. The summed E-state index contributed by atoms with van der Waals surface area (Å²) in [5.41, 5.74) is 2.47. The van der Waals surface area contributed by atoms with E-state index in [4.69, 9.17) is 4.74 Å². The van der Waals surface area contributed by atoms with Crippen LogP contribution in [0.2, 0.25) is 0 Å². The number of hydrogen-bond donors (Lipinski definition) is 3. The molecule has 0 aromatic heterocycles. The lowest BCUT2D eigenvalue weighted by Crippen LogP contribution is -2.46. The van der Waals surface area contributed by atoms with Crippen molar-refractivity contribution in [2.75, 3.05) is 0 Å². The maximum atomic E-state index is 13.4. The molecule has 176 valence electrons. The Kier molecular flexibility index (Phi) is 7.33. The van der Waals surface area contributed by atoms with Gasteiger partial charge in [0.1, 0.15) is 28.4 Å². The van der Waals surface area contributed by atoms with Crippen molar-refractivity contribution in [2.24, 2.45) is 0 Å². The molecule has 33 heavy (non-hydrogen) atoms. The van der Waals surface area contributed by atoms with Gasteiger partial charge in [0.05, 0.1) is 6.10 Å². The number of fused-ring (bicyclic) bond motifs is 1. The third-order valence-electron chi connectivity index (χ3n) is 6.17. The molecule has 0 fully saturated rings. The number of carbonyl (C=O) groups excluding carboxylic acids is 1. The van der Waals surface area contributed by atoms with Crippen LogP contribution < -0.4 is 4.74 Å². The first-order valence-electron chi connectivity index (χ1n) is 11.4. The normalized spacial score (nSPS) is 17.2. The minimum Gasteiger partial charge on any atom is -0.507 e. The molecule has 1 aliphatic rings. The van der Waals surface area contributed by atoms with Gasteiger partial charge in [-0.15, -0.1) is 0 Å². The summed E-state index contributed by atoms with van der Waals surface area (Å²) in [4.78, 5) is 13.4. The average molecular weight is 451 g/mol. The van der Waals surface area contributed by atoms with Gasteiger partial charge in [-0.25, -0.2) is 0 Å². The summed E-state index contributed by atoms with van der Waals surface area (Å²) in [6.07, 6.45) is 5.43. The quantitative estimate of drug-likeness (QED) is 0.375. The maximum Gasteiger partial charge on any atom is 0.200 e. The number of ketones is 1. The molecular weight excluding hydrogens is 416 g/mol. The van der Waals surface area contributed by atoms with Crippen LogP contribution in [0.25, 0.3) is 0 Å². The molecule has 5 heteroatoms. The van der Waals surface area contributed by atoms with Crippen LogP contribution in [-0.4, -0.2) is 32.8 Å². The van der Waals surface area contributed by atoms with E-state index in [-0.39, 0.29) is 47.0 Å². The zero-order chi connectivity index (χ0) is 24.3. The van der Waals surface area contributed by atoms with Crippen molar-refractivity contribution in [3.63, 3.8) is 0 Å². The Hall–Kier alpha value is -3.05. The van der Waals surface area contributed by atoms with Gasteiger partial charge >= 0.3 is 0 Å². The number of rotatable bonds is 7. The fourth-order valence-corrected chi connectivity index (χ4v) is 3.99. The topological polar surface area (TPSA) is 87.0 Å². The molecule has 3 N–H and O–H groups in total. The number of aliphatic hydroxyl groups excluding tert-OH is 1. The van der Waals surface area contributed by atoms with Gasteiger partial charge in [0.25, 0.3) is 0 Å². The zero-order valence-corrected chi connectivity index (χ0v) is 20.1. The van der Waals surface area contributed by atoms with Gasteiger partial charge in [-0.05, 0) is 53.9 Å². The van der Waals surface area contributed by atoms with Crippen LogP contribution in [-0.2, 0) is 12.8 Å². The predicted molar refractivity (Wildman–Crippen MR) is 130 cm³/mol. The molecule has 0 saturated heterocycles. The van der Waals surface area contributed by atoms with Crippen molar-refractivity contribution in [3.05, 3.63) is 75.9 Å². The SMILES string of the molecule is CC(C)=CCC/C(C)=C/Cc1c(O)c2c(c(C(=O)c3ccccc3)c1O)OC(C)(C)[C@H](O)C2. The first kappa shape index (κ1) is 24.6. The van der Waals surface area contributed by atoms with Crippen LogP contribution in [0.1, 0.15) is 74.5 Å². The lowest BCUT2D eigenvalue weighted by Gasteiger charge is -2.38. The Morgan fingerprint density at radius 2 is 1.76 bits per heavy atom. The van der Waals surface area contributed by atoms with Crippen LogP contribution >= 0.6 is 0 Å². The van der Waals surface area contributed by atoms with Crippen molar-refractivity contribution in [2.45, 2.75) is 72.0 Å². The number of hydrogen-bond acceptors (Lipinski definition) is 5. The summed E-state index contributed by atoms with van der Waals surface area (Å²) < 4.78 is 6.01. The summed E-state index contributed by atoms with van der Waals surface area (Å²) >= 11 is 0. The lowest BCUT2D eigenvalue weighted by molar-refractivity contribution is -0.0422. The summed E-state index contributed by atoms with van der Waals surface area (Å²) in [6, 6.07) is 8.68. The highest BCUT2D eigenvalue weighted by Crippen LogP contribution is 2.48. The van der Waals surface area contributed by atoms with Gasteiger partial charge in [-0.1, -0.05) is 53.6 Å². The maximum absolute atomic E-state index is 13.4. The average Bonchev–Trinajstić information content (AvgIpc) is 2.75. The summed E-state index contributed by atoms with van der Waals surface area (Å²) in [6.45, 7) is 9.57. The molecular formula is C28H34O5. The highest BCUT2D eigenvalue weighted by Gasteiger charge is 2.41. The molecule has 1 atom stereocenters. The molecule has 0 unspecified atom stereocenters. The molecule has 1 heterocycles. The van der Waals surface area contributed by atoms with Gasteiger partial charge in [-0.2, -0.15) is 0 Å². The Morgan fingerprint density at radius 1 is 1.09 bits per heavy atom. The van der Waals surface area contributed by atoms with E-state index in [1.165, 1.54) is 5.57 Å². The van der Waals surface area contributed by atoms with E-state index in [0.29, 0.717) is 11.1 Å². The fraction of sp³-hybridized carbons (Fsp3) is 0.393. The molecule has 2 aromatic rings. The van der Waals surface area contributed by atoms with Crippen molar-refractivity contribution in [1.29, 1.82) is 0 Å². The predicted octanol–water partition coefficient (Wildman–Crippen LogP) is 5.64. The standard InChI is InChI=1S/C28H34O5/c1-17(2)10-9-11-18(3)14-15-20-25(31)21-16-22(29)28(4,5)33-27(21)23(26(20)32)24(30)19-12-7-6-8-13-19/h6-8,10,12-14,22,29,31-32H,9,11,15-16H2,1-5H3/b18-14+/t22-/m1/s1. The Bertz CT molecular complexity index is 1090. The highest BCUT2D eigenvalue weighted by molar-refractivity contribution is 6.13. The fourth-order valence-electron chi connectivity index (χ4n) is 3.99. The molecule has 0 radical (unpaired) electrons. The second kappa shape index (κ2) is 9.84. The van der Waals surface area contributed by atoms with E-state index in [2.05, 4.69) is 19.9 Å². The minimum absolute atomic E-state index is 0.0274. The number of ether oxygens (including phenoxy) is 1. The molecule has 0 bridgehead atoms. The summed E-state index contributed by atoms with van der Waals surface area (Å²) in [5, 5.41) is 32.8. The van der Waals surface area contributed by atoms with Crippen LogP contribution in [0.5, 0.6) is 17.2 Å². The monoisotopic (exact) mass is 450 g/mol. The molecule has 0 aliphatic carbocycles. The van der Waals surface area contributed by atoms with E-state index in [1.54, 1.807) is 38.1 Å². The number of benzene rings is 2. The smallest absolute Gasteiger partial charge is 0.200 e. The van der Waals surface area contributed by atoms with Crippen LogP contribution in [0.3, 0.4) is 0 Å². The molecule has 0 amide bonds. The van der Waals surface area contributed by atoms with Gasteiger partial charge in [0.2, 0.25) is 5.78 Å². The lowest BCUT2D eigenvalue weighted by atomic mass is 9.85. The number of aromatic hydroxyl groups is 2. The van der Waals surface area contributed by atoms with Crippen molar-refractivity contribution < 1.29 is 24.9 Å². The second-order valence-electron chi connectivity index (χ2n) is 9.55. The molecule has 1 aliphatic heterocycles. The summed E-state index contributed by atoms with van der Waals surface area (Å²) in [5.74, 6) is -0.653. The molecule has 0 spiro atoms. The van der Waals surface area contributed by atoms with Crippen molar-refractivity contribution in [3.8, 4) is 17.2 Å². The first-order chi connectivity index (χ1) is 15.5. The van der Waals surface area contributed by atoms with Crippen LogP contribution in [0.4, 0.5) is 0 Å². The van der Waals surface area contributed by atoms with Crippen molar-refractivity contribution in [1.82, 2.24) is 0 Å². The van der Waals surface area contributed by atoms with Crippen LogP contribution in [0, 0.1) is 0 Å². The van der Waals surface area contributed by atoms with E-state index in [1.807, 2.05) is 19.1 Å². The Balaban J connectivity index is 2.09. The molecule has 5 nitrogen and oxygen atoms in total. The molecule has 3 rings (SSSR count). The Labute approximate surface area is 196 Å². The van der Waals surface area contributed by atoms with Crippen molar-refractivity contribution >= 4 is 5.78 Å². The second-order valence-corrected chi connectivity index (χ2v) is 9.55. The van der Waals surface area contributed by atoms with Gasteiger partial charge in [0.15, 0.2) is 0 Å². The highest BCUT2D eigenvalue weighted by atomic mass is 16.5. The van der Waals surface area contributed by atoms with Gasteiger partial charge < -0.3 is 20.1 Å². The largest absolute Gasteiger partial charge is 0.507 e. The van der Waals surface area contributed by atoms with Gasteiger partial charge in [-0.3, -0.25) is 4.79 Å². The van der Waals surface area contributed by atoms with E-state index in [9.17, 15) is 20.1 Å².